The Bertz CT molecular complexity index is 1080. The highest BCUT2D eigenvalue weighted by Gasteiger charge is 2.50. The van der Waals surface area contributed by atoms with Gasteiger partial charge in [-0.15, -0.1) is 0 Å². The number of alkyl halides is 1. The number of pyridine rings is 1. The number of carbonyl (C=O) groups excluding carboxylic acids is 1. The van der Waals surface area contributed by atoms with E-state index in [4.69, 9.17) is 21.8 Å². The van der Waals surface area contributed by atoms with Gasteiger partial charge in [0.05, 0.1) is 18.2 Å². The van der Waals surface area contributed by atoms with Gasteiger partial charge >= 0.3 is 0 Å². The van der Waals surface area contributed by atoms with Crippen molar-refractivity contribution in [3.05, 3.63) is 77.0 Å². The average molecular weight is 399 g/mol. The van der Waals surface area contributed by atoms with Gasteiger partial charge in [-0.05, 0) is 53.1 Å². The van der Waals surface area contributed by atoms with Crippen LogP contribution in [0.4, 0.5) is 4.39 Å². The van der Waals surface area contributed by atoms with Crippen molar-refractivity contribution in [1.29, 1.82) is 0 Å². The second kappa shape index (κ2) is 6.76. The fourth-order valence-corrected chi connectivity index (χ4v) is 3.59. The van der Waals surface area contributed by atoms with Gasteiger partial charge in [0.15, 0.2) is 11.5 Å². The minimum atomic E-state index is -1.48. The number of hydrogen-bond donors (Lipinski definition) is 1. The molecule has 1 unspecified atom stereocenters. The van der Waals surface area contributed by atoms with Crippen LogP contribution >= 0.6 is 11.6 Å². The summed E-state index contributed by atoms with van der Waals surface area (Å²) < 4.78 is 18.4. The second-order valence-electron chi connectivity index (χ2n) is 6.45. The lowest BCUT2D eigenvalue weighted by atomic mass is 9.82. The number of rotatable bonds is 4. The third-order valence-electron chi connectivity index (χ3n) is 4.78. The third kappa shape index (κ3) is 2.75. The van der Waals surface area contributed by atoms with Gasteiger partial charge in [-0.25, -0.2) is 9.38 Å². The molecule has 0 saturated carbocycles. The number of nitrogens with zero attached hydrogens (tertiary/aromatic N) is 3. The van der Waals surface area contributed by atoms with Crippen molar-refractivity contribution in [1.82, 2.24) is 9.88 Å². The van der Waals surface area contributed by atoms with Crippen LogP contribution in [0.3, 0.4) is 0 Å². The smallest absolute Gasteiger partial charge is 0.266 e. The number of benzene rings is 1. The lowest BCUT2D eigenvalue weighted by Crippen LogP contribution is -2.41. The topological polar surface area (TPSA) is 84.7 Å². The highest BCUT2D eigenvalue weighted by Crippen LogP contribution is 2.41. The molecule has 1 amide bonds. The van der Waals surface area contributed by atoms with E-state index < -0.39 is 12.2 Å². The van der Waals surface area contributed by atoms with Crippen molar-refractivity contribution in [3.8, 4) is 11.1 Å². The van der Waals surface area contributed by atoms with Gasteiger partial charge in [-0.1, -0.05) is 11.6 Å². The Labute approximate surface area is 165 Å². The summed E-state index contributed by atoms with van der Waals surface area (Å²) in [5.74, 6) is -0.296. The van der Waals surface area contributed by atoms with Crippen LogP contribution < -0.4 is 5.73 Å². The minimum absolute atomic E-state index is 0.0634. The van der Waals surface area contributed by atoms with E-state index >= 15 is 0 Å². The molecule has 1 aromatic carbocycles. The summed E-state index contributed by atoms with van der Waals surface area (Å²) in [7, 11) is 1.54. The number of amides is 1. The van der Waals surface area contributed by atoms with Gasteiger partial charge in [-0.2, -0.15) is 0 Å². The molecule has 28 heavy (non-hydrogen) atoms. The van der Waals surface area contributed by atoms with E-state index in [9.17, 15) is 9.18 Å². The number of halogens is 2. The number of carbonyl (C=O) groups is 1. The van der Waals surface area contributed by atoms with E-state index in [0.717, 1.165) is 11.1 Å². The predicted molar refractivity (Wildman–Crippen MR) is 103 cm³/mol. The maximum absolute atomic E-state index is 13.3. The molecule has 2 N–H and O–H groups in total. The first-order chi connectivity index (χ1) is 13.5. The normalized spacial score (nSPS) is 19.2. The van der Waals surface area contributed by atoms with Crippen molar-refractivity contribution in [2.45, 2.75) is 12.2 Å². The molecule has 1 aliphatic heterocycles. The van der Waals surface area contributed by atoms with Crippen LogP contribution in [0.5, 0.6) is 0 Å². The maximum atomic E-state index is 13.3. The summed E-state index contributed by atoms with van der Waals surface area (Å²) in [4.78, 5) is 23.0. The van der Waals surface area contributed by atoms with Crippen molar-refractivity contribution < 1.29 is 13.6 Å². The fraction of sp³-hybridized carbons (Fsp3) is 0.150. The summed E-state index contributed by atoms with van der Waals surface area (Å²) in [5, 5.41) is 0.420. The number of likely N-dealkylation sites (N-methyl/N-ethyl adjacent to an activating group) is 1. The zero-order valence-corrected chi connectivity index (χ0v) is 15.7. The molecular formula is C20H16ClFN4O2. The highest BCUT2D eigenvalue weighted by atomic mass is 35.5. The molecule has 8 heteroatoms. The standard InChI is InChI=1S/C20H16ClFN4O2/c1-26-18(27)20(25-19(26)23,14-2-4-24-17(9-14)10-22)15-6-13(7-16(21)8-15)12-3-5-28-11-12/h2-9,11H,10H2,1H3,(H2,23,25). The molecule has 0 saturated heterocycles. The van der Waals surface area contributed by atoms with Gasteiger partial charge in [0.1, 0.15) is 6.67 Å². The van der Waals surface area contributed by atoms with Crippen LogP contribution in [-0.4, -0.2) is 28.8 Å². The Hall–Kier alpha value is -3.19. The Balaban J connectivity index is 1.99. The maximum Gasteiger partial charge on any atom is 0.266 e. The van der Waals surface area contributed by atoms with Gasteiger partial charge in [0.25, 0.3) is 5.91 Å². The number of nitrogens with two attached hydrogens (primary N) is 1. The van der Waals surface area contributed by atoms with Crippen molar-refractivity contribution in [3.63, 3.8) is 0 Å². The lowest BCUT2D eigenvalue weighted by Gasteiger charge is -2.27. The van der Waals surface area contributed by atoms with E-state index in [1.807, 2.05) is 0 Å². The first kappa shape index (κ1) is 18.2. The van der Waals surface area contributed by atoms with Gasteiger partial charge in [0, 0.05) is 23.8 Å². The molecule has 3 aromatic rings. The number of aromatic nitrogens is 1. The second-order valence-corrected chi connectivity index (χ2v) is 6.89. The molecule has 2 aromatic heterocycles. The van der Waals surface area contributed by atoms with Gasteiger partial charge < -0.3 is 10.2 Å². The monoisotopic (exact) mass is 398 g/mol. The van der Waals surface area contributed by atoms with E-state index in [1.54, 1.807) is 49.9 Å². The van der Waals surface area contributed by atoms with Gasteiger partial charge in [0.2, 0.25) is 0 Å². The van der Waals surface area contributed by atoms with Crippen LogP contribution in [-0.2, 0) is 17.0 Å². The Morgan fingerprint density at radius 1 is 1.21 bits per heavy atom. The molecule has 142 valence electrons. The molecule has 1 aliphatic rings. The summed E-state index contributed by atoms with van der Waals surface area (Å²) in [5.41, 5.74) is 7.24. The summed E-state index contributed by atoms with van der Waals surface area (Å²) in [6.07, 6.45) is 4.58. The van der Waals surface area contributed by atoms with E-state index in [1.165, 1.54) is 17.2 Å². The number of aliphatic imine (C=N–C) groups is 1. The zero-order chi connectivity index (χ0) is 19.9. The molecule has 4 rings (SSSR count). The molecule has 1 atom stereocenters. The van der Waals surface area contributed by atoms with Crippen molar-refractivity contribution in [2.75, 3.05) is 7.05 Å². The summed E-state index contributed by atoms with van der Waals surface area (Å²) in [6.45, 7) is -0.761. The SMILES string of the molecule is CN1C(=O)C(c2cc(Cl)cc(-c3ccoc3)c2)(c2ccnc(CF)c2)N=C1N. The molecule has 0 spiro atoms. The largest absolute Gasteiger partial charge is 0.472 e. The van der Waals surface area contributed by atoms with Gasteiger partial charge in [-0.3, -0.25) is 14.7 Å². The van der Waals surface area contributed by atoms with Crippen LogP contribution in [0.1, 0.15) is 16.8 Å². The van der Waals surface area contributed by atoms with Crippen LogP contribution in [0.25, 0.3) is 11.1 Å². The molecule has 0 fully saturated rings. The molecule has 0 bridgehead atoms. The molecule has 3 heterocycles. The van der Waals surface area contributed by atoms with E-state index in [2.05, 4.69) is 9.98 Å². The van der Waals surface area contributed by atoms with Crippen LogP contribution in [0.2, 0.25) is 5.02 Å². The Morgan fingerprint density at radius 3 is 2.68 bits per heavy atom. The van der Waals surface area contributed by atoms with Crippen molar-refractivity contribution >= 4 is 23.5 Å². The summed E-state index contributed by atoms with van der Waals surface area (Å²) >= 11 is 6.37. The van der Waals surface area contributed by atoms with E-state index in [-0.39, 0.29) is 17.6 Å². The van der Waals surface area contributed by atoms with Crippen LogP contribution in [0.15, 0.2) is 64.5 Å². The lowest BCUT2D eigenvalue weighted by molar-refractivity contribution is -0.129. The third-order valence-corrected chi connectivity index (χ3v) is 5.00. The molecule has 6 nitrogen and oxygen atoms in total. The number of furan rings is 1. The molecule has 0 radical (unpaired) electrons. The Kier molecular flexibility index (Phi) is 4.39. The fourth-order valence-electron chi connectivity index (χ4n) is 3.35. The van der Waals surface area contributed by atoms with Crippen molar-refractivity contribution in [2.24, 2.45) is 10.7 Å². The number of guanidine groups is 1. The summed E-state index contributed by atoms with van der Waals surface area (Å²) in [6, 6.07) is 10.2. The van der Waals surface area contributed by atoms with Crippen LogP contribution in [0, 0.1) is 0 Å². The number of hydrogen-bond acceptors (Lipinski definition) is 5. The zero-order valence-electron chi connectivity index (χ0n) is 14.9. The molecular weight excluding hydrogens is 383 g/mol. The van der Waals surface area contributed by atoms with E-state index in [0.29, 0.717) is 16.1 Å². The Morgan fingerprint density at radius 2 is 2.04 bits per heavy atom. The first-order valence-electron chi connectivity index (χ1n) is 8.44. The minimum Gasteiger partial charge on any atom is -0.472 e. The average Bonchev–Trinajstić information content (AvgIpc) is 3.32. The quantitative estimate of drug-likeness (QED) is 0.729. The predicted octanol–water partition coefficient (Wildman–Crippen LogP) is 3.49. The highest BCUT2D eigenvalue weighted by molar-refractivity contribution is 6.31. The molecule has 0 aliphatic carbocycles. The first-order valence-corrected chi connectivity index (χ1v) is 8.82.